The van der Waals surface area contributed by atoms with Gasteiger partial charge in [-0.05, 0) is 30.7 Å². The number of ether oxygens (including phenoxy) is 3. The first-order valence-corrected chi connectivity index (χ1v) is 7.83. The van der Waals surface area contributed by atoms with E-state index in [0.717, 1.165) is 0 Å². The van der Waals surface area contributed by atoms with Gasteiger partial charge in [0.2, 0.25) is 0 Å². The molecule has 25 heavy (non-hydrogen) atoms. The highest BCUT2D eigenvalue weighted by atomic mass is 16.6. The van der Waals surface area contributed by atoms with Gasteiger partial charge in [0.1, 0.15) is 5.75 Å². The lowest BCUT2D eigenvalue weighted by molar-refractivity contribution is -0.185. The second-order valence-electron chi connectivity index (χ2n) is 5.08. The summed E-state index contributed by atoms with van der Waals surface area (Å²) in [6.07, 6.45) is 0. The predicted molar refractivity (Wildman–Crippen MR) is 88.8 cm³/mol. The molecule has 0 spiro atoms. The van der Waals surface area contributed by atoms with Crippen LogP contribution in [0, 0.1) is 0 Å². The van der Waals surface area contributed by atoms with Gasteiger partial charge in [-0.3, -0.25) is 0 Å². The van der Waals surface area contributed by atoms with Gasteiger partial charge < -0.3 is 24.4 Å². The first-order valence-electron chi connectivity index (χ1n) is 7.83. The molecule has 0 atom stereocenters. The minimum absolute atomic E-state index is 0.0233. The number of esters is 2. The largest absolute Gasteiger partial charge is 0.467 e. The number of fused-ring (bicyclic) bond motifs is 1. The van der Waals surface area contributed by atoms with Gasteiger partial charge in [0.25, 0.3) is 5.60 Å². The van der Waals surface area contributed by atoms with Gasteiger partial charge in [-0.1, -0.05) is 30.3 Å². The molecule has 0 aliphatic heterocycles. The lowest BCUT2D eigenvalue weighted by atomic mass is 9.88. The Labute approximate surface area is 144 Å². The van der Waals surface area contributed by atoms with E-state index in [1.54, 1.807) is 44.2 Å². The number of hydrogen-bond acceptors (Lipinski definition) is 7. The molecule has 0 heterocycles. The lowest BCUT2D eigenvalue weighted by Crippen LogP contribution is -2.46. The maximum Gasteiger partial charge on any atom is 0.355 e. The standard InChI is InChI=1S/C18H20O7/c1-3-23-16(20)18(22,17(21)24-4-2)15-13-8-6-5-7-12(13)9-10-14(15)25-11-19/h5-10,19,22H,3-4,11H2,1-2H3. The normalized spacial score (nSPS) is 11.2. The van der Waals surface area contributed by atoms with Crippen molar-refractivity contribution in [3.8, 4) is 5.75 Å². The second-order valence-corrected chi connectivity index (χ2v) is 5.08. The van der Waals surface area contributed by atoms with Crippen LogP contribution in [-0.4, -0.2) is 42.2 Å². The molecular formula is C18H20O7. The molecular weight excluding hydrogens is 328 g/mol. The number of hydrogen-bond donors (Lipinski definition) is 2. The average Bonchev–Trinajstić information content (AvgIpc) is 2.61. The van der Waals surface area contributed by atoms with Crippen LogP contribution in [0.25, 0.3) is 10.8 Å². The van der Waals surface area contributed by atoms with E-state index in [-0.39, 0.29) is 24.5 Å². The topological polar surface area (TPSA) is 102 Å². The summed E-state index contributed by atoms with van der Waals surface area (Å²) in [7, 11) is 0. The Bertz CT molecular complexity index is 751. The number of aliphatic hydroxyl groups excluding tert-OH is 1. The Morgan fingerprint density at radius 1 is 1.00 bits per heavy atom. The van der Waals surface area contributed by atoms with Crippen LogP contribution in [0.1, 0.15) is 19.4 Å². The van der Waals surface area contributed by atoms with Crippen LogP contribution in [0.2, 0.25) is 0 Å². The fourth-order valence-corrected chi connectivity index (χ4v) is 2.57. The number of aliphatic hydroxyl groups is 2. The van der Waals surface area contributed by atoms with Crippen molar-refractivity contribution in [2.24, 2.45) is 0 Å². The molecule has 0 bridgehead atoms. The minimum Gasteiger partial charge on any atom is -0.467 e. The van der Waals surface area contributed by atoms with Crippen LogP contribution in [-0.2, 0) is 24.7 Å². The Morgan fingerprint density at radius 3 is 2.16 bits per heavy atom. The maximum atomic E-state index is 12.5. The predicted octanol–water partition coefficient (Wildman–Crippen LogP) is 1.48. The smallest absolute Gasteiger partial charge is 0.355 e. The SMILES string of the molecule is CCOC(=O)C(O)(C(=O)OCC)c1c(OCO)ccc2ccccc12. The number of carbonyl (C=O) groups excluding carboxylic acids is 2. The summed E-state index contributed by atoms with van der Waals surface area (Å²) in [6, 6.07) is 9.96. The Hall–Kier alpha value is -2.64. The summed E-state index contributed by atoms with van der Waals surface area (Å²) in [6.45, 7) is 2.32. The van der Waals surface area contributed by atoms with Crippen molar-refractivity contribution in [2.75, 3.05) is 20.0 Å². The fraction of sp³-hybridized carbons (Fsp3) is 0.333. The van der Waals surface area contributed by atoms with Gasteiger partial charge in [-0.2, -0.15) is 0 Å². The van der Waals surface area contributed by atoms with Crippen LogP contribution < -0.4 is 4.74 Å². The molecule has 0 amide bonds. The molecule has 0 unspecified atom stereocenters. The van der Waals surface area contributed by atoms with Crippen LogP contribution in [0.5, 0.6) is 5.75 Å². The van der Waals surface area contributed by atoms with Crippen LogP contribution >= 0.6 is 0 Å². The van der Waals surface area contributed by atoms with E-state index >= 15 is 0 Å². The van der Waals surface area contributed by atoms with Crippen molar-refractivity contribution in [1.29, 1.82) is 0 Å². The summed E-state index contributed by atoms with van der Waals surface area (Å²) in [5.41, 5.74) is -2.85. The molecule has 0 radical (unpaired) electrons. The highest BCUT2D eigenvalue weighted by Crippen LogP contribution is 2.38. The van der Waals surface area contributed by atoms with Crippen molar-refractivity contribution in [3.63, 3.8) is 0 Å². The van der Waals surface area contributed by atoms with E-state index in [1.807, 2.05) is 0 Å². The second kappa shape index (κ2) is 7.96. The molecule has 0 aliphatic rings. The first kappa shape index (κ1) is 18.7. The van der Waals surface area contributed by atoms with Gasteiger partial charge in [0, 0.05) is 0 Å². The molecule has 2 rings (SSSR count). The summed E-state index contributed by atoms with van der Waals surface area (Å²) in [5.74, 6) is -2.37. The van der Waals surface area contributed by atoms with E-state index in [9.17, 15) is 14.7 Å². The molecule has 7 heteroatoms. The number of carbonyl (C=O) groups is 2. The Balaban J connectivity index is 2.80. The van der Waals surface area contributed by atoms with Crippen molar-refractivity contribution in [1.82, 2.24) is 0 Å². The van der Waals surface area contributed by atoms with Gasteiger partial charge in [-0.25, -0.2) is 9.59 Å². The van der Waals surface area contributed by atoms with Crippen molar-refractivity contribution >= 4 is 22.7 Å². The summed E-state index contributed by atoms with van der Waals surface area (Å²) >= 11 is 0. The molecule has 134 valence electrons. The monoisotopic (exact) mass is 348 g/mol. The molecule has 0 aliphatic carbocycles. The molecule has 2 aromatic rings. The molecule has 0 saturated carbocycles. The van der Waals surface area contributed by atoms with Gasteiger partial charge >= 0.3 is 11.9 Å². The average molecular weight is 348 g/mol. The molecule has 0 fully saturated rings. The highest BCUT2D eigenvalue weighted by Gasteiger charge is 2.52. The van der Waals surface area contributed by atoms with E-state index in [4.69, 9.17) is 19.3 Å². The molecule has 0 saturated heterocycles. The Kier molecular flexibility index (Phi) is 5.95. The van der Waals surface area contributed by atoms with E-state index in [1.165, 1.54) is 6.07 Å². The fourth-order valence-electron chi connectivity index (χ4n) is 2.57. The zero-order valence-corrected chi connectivity index (χ0v) is 14.0. The van der Waals surface area contributed by atoms with Crippen molar-refractivity contribution < 1.29 is 34.0 Å². The molecule has 0 aromatic heterocycles. The van der Waals surface area contributed by atoms with E-state index in [2.05, 4.69) is 0 Å². The maximum absolute atomic E-state index is 12.5. The summed E-state index contributed by atoms with van der Waals surface area (Å²) in [5, 5.41) is 21.3. The Morgan fingerprint density at radius 2 is 1.60 bits per heavy atom. The minimum atomic E-state index is -2.72. The van der Waals surface area contributed by atoms with Crippen LogP contribution in [0.3, 0.4) is 0 Å². The van der Waals surface area contributed by atoms with Gasteiger partial charge in [-0.15, -0.1) is 0 Å². The van der Waals surface area contributed by atoms with E-state index < -0.39 is 24.3 Å². The third kappa shape index (κ3) is 3.42. The van der Waals surface area contributed by atoms with E-state index in [0.29, 0.717) is 10.8 Å². The quantitative estimate of drug-likeness (QED) is 0.444. The molecule has 2 aromatic carbocycles. The number of rotatable bonds is 7. The summed E-state index contributed by atoms with van der Waals surface area (Å²) < 4.78 is 14.9. The molecule has 2 N–H and O–H groups in total. The lowest BCUT2D eigenvalue weighted by Gasteiger charge is -2.27. The molecule has 7 nitrogen and oxygen atoms in total. The first-order chi connectivity index (χ1) is 12.0. The van der Waals surface area contributed by atoms with Crippen molar-refractivity contribution in [2.45, 2.75) is 19.4 Å². The third-order valence-corrected chi connectivity index (χ3v) is 3.61. The van der Waals surface area contributed by atoms with Gasteiger partial charge in [0.05, 0.1) is 18.8 Å². The van der Waals surface area contributed by atoms with Crippen LogP contribution in [0.15, 0.2) is 36.4 Å². The zero-order chi connectivity index (χ0) is 18.4. The van der Waals surface area contributed by atoms with Crippen molar-refractivity contribution in [3.05, 3.63) is 42.0 Å². The number of benzene rings is 2. The third-order valence-electron chi connectivity index (χ3n) is 3.61. The highest BCUT2D eigenvalue weighted by molar-refractivity contribution is 6.08. The summed E-state index contributed by atoms with van der Waals surface area (Å²) in [4.78, 5) is 25.0. The van der Waals surface area contributed by atoms with Gasteiger partial charge in [0.15, 0.2) is 6.79 Å². The van der Waals surface area contributed by atoms with Crippen LogP contribution in [0.4, 0.5) is 0 Å². The zero-order valence-electron chi connectivity index (χ0n) is 14.0.